The second-order valence-electron chi connectivity index (χ2n) is 12.2. The third-order valence-electron chi connectivity index (χ3n) is 9.14. The highest BCUT2D eigenvalue weighted by Crippen LogP contribution is 2.46. The van der Waals surface area contributed by atoms with Crippen molar-refractivity contribution in [1.29, 1.82) is 0 Å². The van der Waals surface area contributed by atoms with Gasteiger partial charge in [0, 0.05) is 0 Å². The molecule has 0 bridgehead atoms. The van der Waals surface area contributed by atoms with Crippen molar-refractivity contribution < 1.29 is 0 Å². The topological polar surface area (TPSA) is 0 Å². The molecule has 0 aliphatic heterocycles. The van der Waals surface area contributed by atoms with Crippen molar-refractivity contribution in [3.05, 3.63) is 0 Å². The van der Waals surface area contributed by atoms with E-state index in [1.165, 1.54) is 64.2 Å². The van der Waals surface area contributed by atoms with Crippen LogP contribution < -0.4 is 0 Å². The van der Waals surface area contributed by atoms with E-state index in [0.717, 1.165) is 59.2 Å². The summed E-state index contributed by atoms with van der Waals surface area (Å²) in [6.07, 6.45) is 15.0. The van der Waals surface area contributed by atoms with E-state index in [9.17, 15) is 0 Å². The largest absolute Gasteiger partial charge is 0.0651 e. The van der Waals surface area contributed by atoms with E-state index >= 15 is 0 Å². The lowest BCUT2D eigenvalue weighted by Gasteiger charge is -2.43. The Morgan fingerprint density at radius 1 is 0.679 bits per heavy atom. The van der Waals surface area contributed by atoms with Crippen molar-refractivity contribution in [1.82, 2.24) is 0 Å². The van der Waals surface area contributed by atoms with Gasteiger partial charge in [0.2, 0.25) is 0 Å². The molecular weight excluding hydrogens is 336 g/mol. The lowest BCUT2D eigenvalue weighted by Crippen LogP contribution is -2.33. The first-order valence-electron chi connectivity index (χ1n) is 13.2. The molecule has 0 heteroatoms. The first-order chi connectivity index (χ1) is 13.2. The van der Waals surface area contributed by atoms with Gasteiger partial charge in [-0.2, -0.15) is 0 Å². The van der Waals surface area contributed by atoms with Crippen LogP contribution in [0.3, 0.4) is 0 Å². The fraction of sp³-hybridized carbons (Fsp3) is 1.00. The van der Waals surface area contributed by atoms with E-state index in [1.54, 1.807) is 0 Å². The van der Waals surface area contributed by atoms with Gasteiger partial charge in [-0.05, 0) is 117 Å². The minimum atomic E-state index is 0.861. The maximum Gasteiger partial charge on any atom is -0.0362 e. The van der Waals surface area contributed by atoms with Crippen molar-refractivity contribution in [3.8, 4) is 0 Å². The Hall–Kier alpha value is 0. The van der Waals surface area contributed by atoms with Gasteiger partial charge in [-0.25, -0.2) is 0 Å². The number of hydrogen-bond acceptors (Lipinski definition) is 0. The molecule has 2 saturated carbocycles. The summed E-state index contributed by atoms with van der Waals surface area (Å²) in [7, 11) is 0. The third-order valence-corrected chi connectivity index (χ3v) is 9.14. The minimum Gasteiger partial charge on any atom is -0.0651 e. The Bertz CT molecular complexity index is 412. The van der Waals surface area contributed by atoms with Crippen LogP contribution in [0.1, 0.15) is 120 Å². The molecule has 2 rings (SSSR count). The Balaban J connectivity index is 1.90. The molecule has 166 valence electrons. The van der Waals surface area contributed by atoms with Gasteiger partial charge in [-0.3, -0.25) is 0 Å². The average Bonchev–Trinajstić information content (AvgIpc) is 2.65. The predicted octanol–water partition coefficient (Wildman–Crippen LogP) is 9.24. The summed E-state index contributed by atoms with van der Waals surface area (Å²) in [5.41, 5.74) is 0. The molecule has 0 nitrogen and oxygen atoms in total. The van der Waals surface area contributed by atoms with Crippen LogP contribution in [0.25, 0.3) is 0 Å². The molecule has 0 radical (unpaired) electrons. The van der Waals surface area contributed by atoms with Crippen molar-refractivity contribution in [2.75, 3.05) is 0 Å². The standard InChI is InChI=1S/C28H54/c1-9-23(25-12-10-24(11-13-25)20(4)5)17-22(8)26-14-15-28(21(6)7)27(18-26)16-19(2)3/h19-28H,9-18H2,1-8H3. The first kappa shape index (κ1) is 24.3. The molecule has 28 heavy (non-hydrogen) atoms. The molecule has 0 amide bonds. The van der Waals surface area contributed by atoms with Crippen molar-refractivity contribution >= 4 is 0 Å². The summed E-state index contributed by atoms with van der Waals surface area (Å²) in [4.78, 5) is 0. The second kappa shape index (κ2) is 11.4. The van der Waals surface area contributed by atoms with Crippen molar-refractivity contribution in [2.24, 2.45) is 59.2 Å². The van der Waals surface area contributed by atoms with E-state index in [-0.39, 0.29) is 0 Å². The monoisotopic (exact) mass is 390 g/mol. The number of rotatable bonds is 9. The zero-order valence-corrected chi connectivity index (χ0v) is 20.8. The van der Waals surface area contributed by atoms with E-state index in [2.05, 4.69) is 55.4 Å². The highest BCUT2D eigenvalue weighted by Gasteiger charge is 2.36. The van der Waals surface area contributed by atoms with Crippen LogP contribution >= 0.6 is 0 Å². The normalized spacial score (nSPS) is 34.2. The fourth-order valence-corrected chi connectivity index (χ4v) is 7.24. The quantitative estimate of drug-likeness (QED) is 0.368. The Labute approximate surface area is 179 Å². The molecular formula is C28H54. The van der Waals surface area contributed by atoms with Gasteiger partial charge in [0.1, 0.15) is 0 Å². The summed E-state index contributed by atoms with van der Waals surface area (Å²) in [5.74, 6) is 9.58. The Kier molecular flexibility index (Phi) is 9.89. The van der Waals surface area contributed by atoms with E-state index in [4.69, 9.17) is 0 Å². The number of hydrogen-bond donors (Lipinski definition) is 0. The van der Waals surface area contributed by atoms with Crippen LogP contribution in [0, 0.1) is 59.2 Å². The van der Waals surface area contributed by atoms with E-state index < -0.39 is 0 Å². The zero-order valence-electron chi connectivity index (χ0n) is 20.8. The fourth-order valence-electron chi connectivity index (χ4n) is 7.24. The Morgan fingerprint density at radius 2 is 1.25 bits per heavy atom. The molecule has 2 aliphatic carbocycles. The smallest absolute Gasteiger partial charge is 0.0362 e. The molecule has 0 N–H and O–H groups in total. The van der Waals surface area contributed by atoms with Gasteiger partial charge in [-0.15, -0.1) is 0 Å². The van der Waals surface area contributed by atoms with Gasteiger partial charge in [0.05, 0.1) is 0 Å². The van der Waals surface area contributed by atoms with Gasteiger partial charge < -0.3 is 0 Å². The van der Waals surface area contributed by atoms with Crippen LogP contribution in [0.5, 0.6) is 0 Å². The predicted molar refractivity (Wildman–Crippen MR) is 126 cm³/mol. The van der Waals surface area contributed by atoms with E-state index in [1.807, 2.05) is 0 Å². The summed E-state index contributed by atoms with van der Waals surface area (Å²) in [6.45, 7) is 19.8. The first-order valence-corrected chi connectivity index (χ1v) is 13.2. The van der Waals surface area contributed by atoms with Crippen LogP contribution in [0.2, 0.25) is 0 Å². The molecule has 2 fully saturated rings. The SMILES string of the molecule is CCC(CC(C)C1CCC(C(C)C)C(CC(C)C)C1)C1CCC(C(C)C)CC1. The third kappa shape index (κ3) is 6.77. The molecule has 2 aliphatic rings. The van der Waals surface area contributed by atoms with E-state index in [0.29, 0.717) is 0 Å². The molecule has 5 atom stereocenters. The van der Waals surface area contributed by atoms with Gasteiger partial charge in [0.25, 0.3) is 0 Å². The second-order valence-corrected chi connectivity index (χ2v) is 12.2. The molecule has 5 unspecified atom stereocenters. The highest BCUT2D eigenvalue weighted by molar-refractivity contribution is 4.86. The molecule has 0 heterocycles. The van der Waals surface area contributed by atoms with Crippen LogP contribution in [0.15, 0.2) is 0 Å². The zero-order chi connectivity index (χ0) is 20.8. The maximum absolute atomic E-state index is 2.62. The Morgan fingerprint density at radius 3 is 1.75 bits per heavy atom. The highest BCUT2D eigenvalue weighted by atomic mass is 14.4. The summed E-state index contributed by atoms with van der Waals surface area (Å²) >= 11 is 0. The van der Waals surface area contributed by atoms with Gasteiger partial charge in [0.15, 0.2) is 0 Å². The van der Waals surface area contributed by atoms with Crippen molar-refractivity contribution in [3.63, 3.8) is 0 Å². The summed E-state index contributed by atoms with van der Waals surface area (Å²) < 4.78 is 0. The van der Waals surface area contributed by atoms with Crippen LogP contribution in [-0.4, -0.2) is 0 Å². The van der Waals surface area contributed by atoms with Gasteiger partial charge in [-0.1, -0.05) is 61.8 Å². The molecule has 0 aromatic rings. The minimum absolute atomic E-state index is 0.861. The molecule has 0 spiro atoms. The molecule has 0 aromatic heterocycles. The van der Waals surface area contributed by atoms with Gasteiger partial charge >= 0.3 is 0 Å². The summed E-state index contributed by atoms with van der Waals surface area (Å²) in [6, 6.07) is 0. The lowest BCUT2D eigenvalue weighted by molar-refractivity contribution is 0.0765. The van der Waals surface area contributed by atoms with Crippen LogP contribution in [0.4, 0.5) is 0 Å². The molecule has 0 saturated heterocycles. The summed E-state index contributed by atoms with van der Waals surface area (Å²) in [5, 5.41) is 0. The average molecular weight is 391 g/mol. The lowest BCUT2D eigenvalue weighted by atomic mass is 9.63. The van der Waals surface area contributed by atoms with Crippen LogP contribution in [-0.2, 0) is 0 Å². The maximum atomic E-state index is 2.62. The van der Waals surface area contributed by atoms with Crippen molar-refractivity contribution in [2.45, 2.75) is 120 Å². The molecule has 0 aromatic carbocycles.